The second-order valence-electron chi connectivity index (χ2n) is 21.0. The molecule has 3 unspecified atom stereocenters. The number of aliphatic hydroxyl groups is 1. The lowest BCUT2D eigenvalue weighted by molar-refractivity contribution is -0.870. The second-order valence-corrected chi connectivity index (χ2v) is 22.5. The van der Waals surface area contributed by atoms with Crippen LogP contribution in [0.2, 0.25) is 0 Å². The van der Waals surface area contributed by atoms with Crippen LogP contribution in [0, 0.1) is 0 Å². The van der Waals surface area contributed by atoms with E-state index in [1.54, 1.807) is 6.08 Å². The minimum atomic E-state index is -4.36. The zero-order valence-corrected chi connectivity index (χ0v) is 46.0. The standard InChI is InChI=1S/C58H113N2O6P/c1-6-8-10-12-14-16-18-20-22-24-26-28-29-30-31-32-33-35-37-39-41-43-45-47-49-51-57(61)56(55-66-67(63,64)65-54-53-60(3,4)5)59-58(62)52-50-48-46-44-42-40-38-36-34-27-25-23-21-19-17-15-13-11-9-7-2/h33,35,41,43,49,51,56-57,61H,6-32,34,36-40,42,44-48,50,52-55H2,1-5H3,(H-,59,62,63,64)/p+1/b35-33+,43-41+,51-49+. The number of hydrogen-bond acceptors (Lipinski definition) is 5. The van der Waals surface area contributed by atoms with Crippen molar-refractivity contribution in [2.45, 2.75) is 289 Å². The first kappa shape index (κ1) is 65.7. The quantitative estimate of drug-likeness (QED) is 0.0243. The monoisotopic (exact) mass is 966 g/mol. The number of allylic oxidation sites excluding steroid dienone is 5. The summed E-state index contributed by atoms with van der Waals surface area (Å²) < 4.78 is 23.7. The van der Waals surface area contributed by atoms with Crippen molar-refractivity contribution >= 4 is 13.7 Å². The maximum Gasteiger partial charge on any atom is 0.472 e. The van der Waals surface area contributed by atoms with Crippen LogP contribution in [0.4, 0.5) is 0 Å². The highest BCUT2D eigenvalue weighted by molar-refractivity contribution is 7.47. The van der Waals surface area contributed by atoms with Crippen molar-refractivity contribution in [2.75, 3.05) is 40.9 Å². The molecular formula is C58H114N2O6P+. The van der Waals surface area contributed by atoms with Crippen molar-refractivity contribution in [1.82, 2.24) is 5.32 Å². The van der Waals surface area contributed by atoms with E-state index in [9.17, 15) is 19.4 Å². The Bertz CT molecular complexity index is 1190. The second kappa shape index (κ2) is 49.7. The minimum Gasteiger partial charge on any atom is -0.387 e. The lowest BCUT2D eigenvalue weighted by Crippen LogP contribution is -2.45. The summed E-state index contributed by atoms with van der Waals surface area (Å²) in [6.45, 7) is 4.83. The maximum atomic E-state index is 13.0. The number of likely N-dealkylation sites (N-methyl/N-ethyl adjacent to an activating group) is 1. The fourth-order valence-electron chi connectivity index (χ4n) is 8.55. The molecular weight excluding hydrogens is 852 g/mol. The molecule has 1 amide bonds. The molecule has 0 spiro atoms. The highest BCUT2D eigenvalue weighted by atomic mass is 31.2. The van der Waals surface area contributed by atoms with E-state index < -0.39 is 20.0 Å². The van der Waals surface area contributed by atoms with Crippen LogP contribution in [-0.2, 0) is 18.4 Å². The molecule has 0 radical (unpaired) electrons. The number of rotatable bonds is 53. The third kappa shape index (κ3) is 52.4. The zero-order valence-electron chi connectivity index (χ0n) is 45.2. The Morgan fingerprint density at radius 3 is 1.19 bits per heavy atom. The van der Waals surface area contributed by atoms with E-state index in [0.717, 1.165) is 44.9 Å². The van der Waals surface area contributed by atoms with Crippen molar-refractivity contribution < 1.29 is 32.9 Å². The number of nitrogens with one attached hydrogen (secondary N) is 1. The third-order valence-corrected chi connectivity index (χ3v) is 14.1. The fourth-order valence-corrected chi connectivity index (χ4v) is 9.28. The SMILES string of the molecule is CCCCCCCCCCCCCCCCC/C=C/CC/C=C/CC/C=C/C(O)C(COP(=O)(O)OCC[N+](C)(C)C)NC(=O)CCCCCCCCCCCCCCCCCCCCCC. The van der Waals surface area contributed by atoms with Gasteiger partial charge in [-0.3, -0.25) is 13.8 Å². The van der Waals surface area contributed by atoms with Crippen LogP contribution >= 0.6 is 7.82 Å². The lowest BCUT2D eigenvalue weighted by Gasteiger charge is -2.25. The van der Waals surface area contributed by atoms with Gasteiger partial charge in [0, 0.05) is 6.42 Å². The summed E-state index contributed by atoms with van der Waals surface area (Å²) in [4.78, 5) is 23.3. The Labute approximate surface area is 417 Å². The number of unbranched alkanes of at least 4 members (excludes halogenated alkanes) is 36. The fraction of sp³-hybridized carbons (Fsp3) is 0.879. The van der Waals surface area contributed by atoms with Crippen LogP contribution in [0.1, 0.15) is 277 Å². The van der Waals surface area contributed by atoms with Gasteiger partial charge in [0.1, 0.15) is 13.2 Å². The summed E-state index contributed by atoms with van der Waals surface area (Å²) in [6.07, 6.45) is 63.9. The summed E-state index contributed by atoms with van der Waals surface area (Å²) in [6, 6.07) is -0.868. The van der Waals surface area contributed by atoms with Gasteiger partial charge >= 0.3 is 7.82 Å². The van der Waals surface area contributed by atoms with Gasteiger partial charge in [-0.15, -0.1) is 0 Å². The minimum absolute atomic E-state index is 0.0551. The van der Waals surface area contributed by atoms with Crippen LogP contribution in [0.5, 0.6) is 0 Å². The largest absolute Gasteiger partial charge is 0.472 e. The maximum absolute atomic E-state index is 13.0. The molecule has 396 valence electrons. The normalized spacial score (nSPS) is 14.2. The van der Waals surface area contributed by atoms with E-state index in [1.807, 2.05) is 27.2 Å². The number of nitrogens with zero attached hydrogens (tertiary/aromatic N) is 1. The van der Waals surface area contributed by atoms with Crippen LogP contribution in [-0.4, -0.2) is 73.4 Å². The molecule has 0 rings (SSSR count). The van der Waals surface area contributed by atoms with Gasteiger partial charge in [0.15, 0.2) is 0 Å². The first-order chi connectivity index (χ1) is 32.5. The van der Waals surface area contributed by atoms with Crippen molar-refractivity contribution in [3.05, 3.63) is 36.5 Å². The van der Waals surface area contributed by atoms with E-state index in [4.69, 9.17) is 9.05 Å². The number of carbonyl (C=O) groups excluding carboxylic acids is 1. The molecule has 3 N–H and O–H groups in total. The predicted molar refractivity (Wildman–Crippen MR) is 291 cm³/mol. The molecule has 0 fully saturated rings. The molecule has 0 aliphatic rings. The molecule has 0 aliphatic carbocycles. The number of phosphoric acid groups is 1. The molecule has 8 nitrogen and oxygen atoms in total. The Kier molecular flexibility index (Phi) is 48.7. The van der Waals surface area contributed by atoms with Gasteiger partial charge < -0.3 is 19.8 Å². The van der Waals surface area contributed by atoms with E-state index in [2.05, 4.69) is 43.5 Å². The van der Waals surface area contributed by atoms with Gasteiger partial charge in [-0.05, 0) is 44.9 Å². The predicted octanol–water partition coefficient (Wildman–Crippen LogP) is 17.4. The smallest absolute Gasteiger partial charge is 0.387 e. The van der Waals surface area contributed by atoms with Crippen LogP contribution in [0.15, 0.2) is 36.5 Å². The molecule has 0 saturated carbocycles. The van der Waals surface area contributed by atoms with Gasteiger partial charge in [-0.2, -0.15) is 0 Å². The van der Waals surface area contributed by atoms with Crippen molar-refractivity contribution in [3.8, 4) is 0 Å². The number of hydrogen-bond donors (Lipinski definition) is 3. The topological polar surface area (TPSA) is 105 Å². The summed E-state index contributed by atoms with van der Waals surface area (Å²) in [5.41, 5.74) is 0. The van der Waals surface area contributed by atoms with Crippen LogP contribution in [0.25, 0.3) is 0 Å². The molecule has 0 saturated heterocycles. The molecule has 0 aliphatic heterocycles. The molecule has 0 aromatic carbocycles. The summed E-state index contributed by atoms with van der Waals surface area (Å²) >= 11 is 0. The molecule has 3 atom stereocenters. The van der Waals surface area contributed by atoms with Crippen molar-refractivity contribution in [1.29, 1.82) is 0 Å². The van der Waals surface area contributed by atoms with E-state index in [1.165, 1.54) is 212 Å². The van der Waals surface area contributed by atoms with Crippen molar-refractivity contribution in [2.24, 2.45) is 0 Å². The third-order valence-electron chi connectivity index (χ3n) is 13.1. The average Bonchev–Trinajstić information content (AvgIpc) is 3.29. The summed E-state index contributed by atoms with van der Waals surface area (Å²) in [5.74, 6) is -0.186. The number of carbonyl (C=O) groups is 1. The zero-order chi connectivity index (χ0) is 49.2. The molecule has 0 aromatic rings. The Balaban J connectivity index is 4.27. The van der Waals surface area contributed by atoms with E-state index in [0.29, 0.717) is 17.4 Å². The Morgan fingerprint density at radius 1 is 0.493 bits per heavy atom. The number of phosphoric ester groups is 1. The first-order valence-electron chi connectivity index (χ1n) is 28.9. The van der Waals surface area contributed by atoms with Gasteiger partial charge in [0.2, 0.25) is 5.91 Å². The molecule has 67 heavy (non-hydrogen) atoms. The number of aliphatic hydroxyl groups excluding tert-OH is 1. The number of amides is 1. The molecule has 9 heteroatoms. The van der Waals surface area contributed by atoms with Gasteiger partial charge in [0.25, 0.3) is 0 Å². The Morgan fingerprint density at radius 2 is 0.821 bits per heavy atom. The average molecular weight is 967 g/mol. The van der Waals surface area contributed by atoms with E-state index >= 15 is 0 Å². The first-order valence-corrected chi connectivity index (χ1v) is 30.4. The van der Waals surface area contributed by atoms with Gasteiger partial charge in [-0.1, -0.05) is 262 Å². The molecule has 0 aromatic heterocycles. The molecule has 0 bridgehead atoms. The highest BCUT2D eigenvalue weighted by Crippen LogP contribution is 2.43. The van der Waals surface area contributed by atoms with Gasteiger partial charge in [0.05, 0.1) is 39.9 Å². The van der Waals surface area contributed by atoms with Gasteiger partial charge in [-0.25, -0.2) is 4.57 Å². The highest BCUT2D eigenvalue weighted by Gasteiger charge is 2.27. The van der Waals surface area contributed by atoms with Crippen LogP contribution < -0.4 is 5.32 Å². The van der Waals surface area contributed by atoms with E-state index in [-0.39, 0.29) is 19.1 Å². The summed E-state index contributed by atoms with van der Waals surface area (Å²) in [7, 11) is 1.56. The molecule has 0 heterocycles. The number of quaternary nitrogens is 1. The van der Waals surface area contributed by atoms with Crippen molar-refractivity contribution in [3.63, 3.8) is 0 Å². The lowest BCUT2D eigenvalue weighted by atomic mass is 10.0. The van der Waals surface area contributed by atoms with Crippen LogP contribution in [0.3, 0.4) is 0 Å². The summed E-state index contributed by atoms with van der Waals surface area (Å²) in [5, 5.41) is 13.9. The Hall–Kier alpha value is -1.28.